The van der Waals surface area contributed by atoms with E-state index in [0.29, 0.717) is 19.3 Å². The van der Waals surface area contributed by atoms with Crippen molar-refractivity contribution in [3.05, 3.63) is 45.6 Å². The molecule has 0 spiro atoms. The van der Waals surface area contributed by atoms with Gasteiger partial charge in [0.05, 0.1) is 0 Å². The highest BCUT2D eigenvalue weighted by atomic mass is 32.1. The Kier molecular flexibility index (Phi) is 3.80. The zero-order valence-corrected chi connectivity index (χ0v) is 13.7. The smallest absolute Gasteiger partial charge is 0.161 e. The second-order valence-corrected chi connectivity index (χ2v) is 6.92. The van der Waals surface area contributed by atoms with Crippen molar-refractivity contribution in [1.82, 2.24) is 4.90 Å². The summed E-state index contributed by atoms with van der Waals surface area (Å²) >= 11 is 1.91. The van der Waals surface area contributed by atoms with Gasteiger partial charge in [-0.1, -0.05) is 13.0 Å². The first-order valence-electron chi connectivity index (χ1n) is 8.04. The Morgan fingerprint density at radius 1 is 1.18 bits per heavy atom. The van der Waals surface area contributed by atoms with E-state index in [2.05, 4.69) is 35.4 Å². The molecular weight excluding hydrogens is 294 g/mol. The van der Waals surface area contributed by atoms with E-state index < -0.39 is 0 Å². The van der Waals surface area contributed by atoms with Crippen LogP contribution in [0.25, 0.3) is 0 Å². The molecular formula is C18H21NO2S. The summed E-state index contributed by atoms with van der Waals surface area (Å²) in [5, 5.41) is 2.24. The fraction of sp³-hybridized carbons (Fsp3) is 0.444. The van der Waals surface area contributed by atoms with Crippen LogP contribution in [0.15, 0.2) is 29.6 Å². The molecule has 1 unspecified atom stereocenters. The maximum absolute atomic E-state index is 5.71. The molecule has 0 bridgehead atoms. The molecule has 0 fully saturated rings. The summed E-state index contributed by atoms with van der Waals surface area (Å²) in [6.07, 6.45) is 2.34. The highest BCUT2D eigenvalue weighted by Crippen LogP contribution is 2.37. The fourth-order valence-corrected chi connectivity index (χ4v) is 4.46. The third-order valence-electron chi connectivity index (χ3n) is 4.58. The highest BCUT2D eigenvalue weighted by molar-refractivity contribution is 7.10. The molecule has 0 radical (unpaired) electrons. The molecule has 2 aliphatic heterocycles. The van der Waals surface area contributed by atoms with E-state index in [9.17, 15) is 0 Å². The van der Waals surface area contributed by atoms with Gasteiger partial charge in [-0.15, -0.1) is 11.3 Å². The average molecular weight is 315 g/mol. The third kappa shape index (κ3) is 2.50. The number of ether oxygens (including phenoxy) is 2. The summed E-state index contributed by atoms with van der Waals surface area (Å²) in [7, 11) is 0. The van der Waals surface area contributed by atoms with Gasteiger partial charge < -0.3 is 9.47 Å². The molecule has 116 valence electrons. The molecule has 1 atom stereocenters. The zero-order chi connectivity index (χ0) is 14.9. The second-order valence-electron chi connectivity index (χ2n) is 5.92. The minimum absolute atomic E-state index is 0.545. The Hall–Kier alpha value is -1.52. The molecule has 2 aromatic rings. The number of hydrogen-bond acceptors (Lipinski definition) is 4. The lowest BCUT2D eigenvalue weighted by molar-refractivity contribution is 0.165. The summed E-state index contributed by atoms with van der Waals surface area (Å²) in [6.45, 7) is 5.70. The molecule has 1 aromatic heterocycles. The van der Waals surface area contributed by atoms with E-state index in [1.165, 1.54) is 17.5 Å². The van der Waals surface area contributed by atoms with Crippen molar-refractivity contribution < 1.29 is 9.47 Å². The van der Waals surface area contributed by atoms with Crippen LogP contribution in [-0.4, -0.2) is 24.7 Å². The van der Waals surface area contributed by atoms with Crippen LogP contribution in [0.2, 0.25) is 0 Å². The number of nitrogens with zero attached hydrogens (tertiary/aromatic N) is 1. The number of rotatable bonds is 3. The first kappa shape index (κ1) is 14.1. The van der Waals surface area contributed by atoms with E-state index in [-0.39, 0.29) is 0 Å². The maximum Gasteiger partial charge on any atom is 0.161 e. The van der Waals surface area contributed by atoms with Gasteiger partial charge in [0.15, 0.2) is 11.5 Å². The van der Waals surface area contributed by atoms with Crippen LogP contribution in [0.5, 0.6) is 11.5 Å². The number of hydrogen-bond donors (Lipinski definition) is 0. The summed E-state index contributed by atoms with van der Waals surface area (Å²) in [5.74, 6) is 1.77. The Bertz CT molecular complexity index is 667. The van der Waals surface area contributed by atoms with Crippen LogP contribution in [0.3, 0.4) is 0 Å². The molecule has 2 aliphatic rings. The molecule has 0 saturated heterocycles. The van der Waals surface area contributed by atoms with Gasteiger partial charge in [0.1, 0.15) is 13.2 Å². The third-order valence-corrected chi connectivity index (χ3v) is 5.58. The quantitative estimate of drug-likeness (QED) is 0.853. The van der Waals surface area contributed by atoms with E-state index in [0.717, 1.165) is 31.0 Å². The molecule has 3 heterocycles. The van der Waals surface area contributed by atoms with Gasteiger partial charge in [0.2, 0.25) is 0 Å². The van der Waals surface area contributed by atoms with Gasteiger partial charge in [0.25, 0.3) is 0 Å². The van der Waals surface area contributed by atoms with Crippen LogP contribution < -0.4 is 9.47 Å². The van der Waals surface area contributed by atoms with Crippen molar-refractivity contribution in [1.29, 1.82) is 0 Å². The van der Waals surface area contributed by atoms with E-state index in [1.807, 2.05) is 17.4 Å². The molecule has 4 heteroatoms. The standard InChI is InChI=1S/C18H21NO2S/c1-2-15-14-6-10-22-18(14)5-7-19(15)12-13-3-4-16-17(11-13)21-9-8-20-16/h3-4,6,10-11,15H,2,5,7-9,12H2,1H3. The minimum atomic E-state index is 0.545. The van der Waals surface area contributed by atoms with Crippen molar-refractivity contribution in [3.8, 4) is 11.5 Å². The van der Waals surface area contributed by atoms with Gasteiger partial charge in [-0.2, -0.15) is 0 Å². The molecule has 22 heavy (non-hydrogen) atoms. The van der Waals surface area contributed by atoms with Gasteiger partial charge in [-0.25, -0.2) is 0 Å². The molecule has 0 aliphatic carbocycles. The van der Waals surface area contributed by atoms with Gasteiger partial charge in [-0.3, -0.25) is 4.90 Å². The summed E-state index contributed by atoms with van der Waals surface area (Å²) in [4.78, 5) is 4.17. The highest BCUT2D eigenvalue weighted by Gasteiger charge is 2.27. The zero-order valence-electron chi connectivity index (χ0n) is 12.9. The van der Waals surface area contributed by atoms with Crippen LogP contribution in [0.1, 0.15) is 35.4 Å². The lowest BCUT2D eigenvalue weighted by atomic mass is 9.97. The normalized spacial score (nSPS) is 20.7. The van der Waals surface area contributed by atoms with Gasteiger partial charge in [0, 0.05) is 24.0 Å². The van der Waals surface area contributed by atoms with E-state index in [1.54, 1.807) is 4.88 Å². The Balaban J connectivity index is 1.56. The number of benzene rings is 1. The Morgan fingerprint density at radius 3 is 2.91 bits per heavy atom. The Morgan fingerprint density at radius 2 is 2.05 bits per heavy atom. The minimum Gasteiger partial charge on any atom is -0.486 e. The predicted octanol–water partition coefficient (Wildman–Crippen LogP) is 4.03. The molecule has 1 aromatic carbocycles. The lowest BCUT2D eigenvalue weighted by Gasteiger charge is -2.35. The van der Waals surface area contributed by atoms with Gasteiger partial charge >= 0.3 is 0 Å². The van der Waals surface area contributed by atoms with Crippen molar-refractivity contribution in [2.75, 3.05) is 19.8 Å². The van der Waals surface area contributed by atoms with Crippen molar-refractivity contribution in [2.24, 2.45) is 0 Å². The molecule has 4 rings (SSSR count). The fourth-order valence-electron chi connectivity index (χ4n) is 3.54. The summed E-state index contributed by atoms with van der Waals surface area (Å²) in [6, 6.07) is 9.21. The van der Waals surface area contributed by atoms with E-state index in [4.69, 9.17) is 9.47 Å². The SMILES string of the molecule is CCC1c2ccsc2CCN1Cc1ccc2c(c1)OCCO2. The second kappa shape index (κ2) is 5.94. The van der Waals surface area contributed by atoms with E-state index >= 15 is 0 Å². The first-order valence-corrected chi connectivity index (χ1v) is 8.92. The predicted molar refractivity (Wildman–Crippen MR) is 88.9 cm³/mol. The van der Waals surface area contributed by atoms with Crippen molar-refractivity contribution >= 4 is 11.3 Å². The Labute approximate surface area is 135 Å². The van der Waals surface area contributed by atoms with Crippen LogP contribution in [0.4, 0.5) is 0 Å². The average Bonchev–Trinajstić information content (AvgIpc) is 3.03. The topological polar surface area (TPSA) is 21.7 Å². The van der Waals surface area contributed by atoms with Crippen LogP contribution in [0, 0.1) is 0 Å². The van der Waals surface area contributed by atoms with Gasteiger partial charge in [-0.05, 0) is 47.5 Å². The monoisotopic (exact) mass is 315 g/mol. The first-order chi connectivity index (χ1) is 10.8. The molecule has 0 N–H and O–H groups in total. The van der Waals surface area contributed by atoms with Crippen molar-refractivity contribution in [3.63, 3.8) is 0 Å². The number of fused-ring (bicyclic) bond motifs is 2. The maximum atomic E-state index is 5.71. The molecule has 3 nitrogen and oxygen atoms in total. The number of thiophene rings is 1. The van der Waals surface area contributed by atoms with Crippen LogP contribution >= 0.6 is 11.3 Å². The van der Waals surface area contributed by atoms with Crippen molar-refractivity contribution in [2.45, 2.75) is 32.4 Å². The largest absolute Gasteiger partial charge is 0.486 e. The summed E-state index contributed by atoms with van der Waals surface area (Å²) in [5.41, 5.74) is 2.85. The summed E-state index contributed by atoms with van der Waals surface area (Å²) < 4.78 is 11.3. The van der Waals surface area contributed by atoms with Crippen LogP contribution in [-0.2, 0) is 13.0 Å². The molecule has 0 saturated carbocycles. The lowest BCUT2D eigenvalue weighted by Crippen LogP contribution is -2.34. The molecule has 0 amide bonds.